The van der Waals surface area contributed by atoms with E-state index in [4.69, 9.17) is 42.6 Å². The minimum Gasteiger partial charge on any atom is -0.481 e. The van der Waals surface area contributed by atoms with Crippen molar-refractivity contribution in [2.75, 3.05) is 112 Å². The molecule has 450 valence electrons. The topological polar surface area (TPSA) is 351 Å². The highest BCUT2D eigenvalue weighted by Crippen LogP contribution is 2.31. The van der Waals surface area contributed by atoms with Gasteiger partial charge < -0.3 is 73.9 Å². The van der Waals surface area contributed by atoms with Gasteiger partial charge in [0.15, 0.2) is 0 Å². The van der Waals surface area contributed by atoms with Crippen LogP contribution in [0.5, 0.6) is 0 Å². The van der Waals surface area contributed by atoms with Gasteiger partial charge in [-0.05, 0) is 51.4 Å². The molecule has 0 aliphatic heterocycles. The summed E-state index contributed by atoms with van der Waals surface area (Å²) >= 11 is 0. The number of aliphatic hydroxyl groups excluding tert-OH is 1. The second-order valence-electron chi connectivity index (χ2n) is 19.2. The first-order valence-electron chi connectivity index (χ1n) is 27.1. The molecule has 0 aromatic rings. The van der Waals surface area contributed by atoms with Crippen molar-refractivity contribution in [2.24, 2.45) is 46.8 Å². The Kier molecular flexibility index (Phi) is 40.3. The van der Waals surface area contributed by atoms with Gasteiger partial charge in [-0.15, -0.1) is 0 Å². The quantitative estimate of drug-likeness (QED) is 0.0290. The number of esters is 8. The van der Waals surface area contributed by atoms with Gasteiger partial charge in [-0.25, -0.2) is 0 Å². The van der Waals surface area contributed by atoms with E-state index in [2.05, 4.69) is 16.0 Å². The van der Waals surface area contributed by atoms with Gasteiger partial charge in [0.1, 0.15) is 52.9 Å². The van der Waals surface area contributed by atoms with Gasteiger partial charge in [-0.2, -0.15) is 0 Å². The summed E-state index contributed by atoms with van der Waals surface area (Å²) < 4.78 is 47.6. The number of hydrogen-bond donors (Lipinski definition) is 6. The zero-order chi connectivity index (χ0) is 58.9. The largest absolute Gasteiger partial charge is 0.481 e. The Bertz CT molecular complexity index is 1750. The Morgan fingerprint density at radius 3 is 1.14 bits per heavy atom. The number of hydrogen-bond acceptors (Lipinski definition) is 23. The molecule has 25 heteroatoms. The summed E-state index contributed by atoms with van der Waals surface area (Å²) in [4.78, 5) is 126. The lowest BCUT2D eigenvalue weighted by atomic mass is 9.80. The van der Waals surface area contributed by atoms with Crippen LogP contribution < -0.4 is 16.0 Å². The van der Waals surface area contributed by atoms with E-state index in [1.807, 2.05) is 13.8 Å². The van der Waals surface area contributed by atoms with Crippen LogP contribution in [0, 0.1) is 46.8 Å². The van der Waals surface area contributed by atoms with Crippen LogP contribution in [0.25, 0.3) is 0 Å². The molecule has 0 radical (unpaired) electrons. The third kappa shape index (κ3) is 33.1. The minimum atomic E-state index is -1.40. The van der Waals surface area contributed by atoms with E-state index < -0.39 is 102 Å². The van der Waals surface area contributed by atoms with Gasteiger partial charge >= 0.3 is 59.7 Å². The van der Waals surface area contributed by atoms with E-state index in [-0.39, 0.29) is 154 Å². The Balaban J connectivity index is 5.44. The summed E-state index contributed by atoms with van der Waals surface area (Å²) in [5, 5.41) is 38.4. The van der Waals surface area contributed by atoms with Crippen molar-refractivity contribution in [3.63, 3.8) is 0 Å². The van der Waals surface area contributed by atoms with Crippen LogP contribution in [0.2, 0.25) is 0 Å². The molecule has 25 nitrogen and oxygen atoms in total. The average Bonchev–Trinajstić information content (AvgIpc) is 3.42. The zero-order valence-electron chi connectivity index (χ0n) is 47.2. The van der Waals surface area contributed by atoms with Crippen molar-refractivity contribution in [3.05, 3.63) is 0 Å². The molecule has 0 saturated heterocycles. The molecule has 78 heavy (non-hydrogen) atoms. The molecule has 6 N–H and O–H groups in total. The predicted octanol–water partition coefficient (Wildman–Crippen LogP) is 2.64. The molecule has 0 spiro atoms. The smallest absolute Gasteiger partial charge is 0.309 e. The molecular formula is C53H91N3O22. The van der Waals surface area contributed by atoms with Crippen molar-refractivity contribution in [1.82, 2.24) is 16.0 Å². The van der Waals surface area contributed by atoms with Crippen LogP contribution in [-0.2, 0) is 90.6 Å². The first-order chi connectivity index (χ1) is 37.1. The van der Waals surface area contributed by atoms with Gasteiger partial charge in [0, 0.05) is 46.4 Å². The molecule has 0 aromatic heterocycles. The third-order valence-corrected chi connectivity index (χ3v) is 13.0. The Hall–Kier alpha value is -5.50. The number of rotatable bonds is 48. The van der Waals surface area contributed by atoms with Gasteiger partial charge in [-0.3, -0.25) is 47.9 Å². The van der Waals surface area contributed by atoms with Gasteiger partial charge in [-0.1, -0.05) is 48.5 Å². The molecule has 0 heterocycles. The van der Waals surface area contributed by atoms with Crippen molar-refractivity contribution in [3.8, 4) is 0 Å². The fourth-order valence-electron chi connectivity index (χ4n) is 7.20. The summed E-state index contributed by atoms with van der Waals surface area (Å²) in [5.74, 6) is -13.6. The number of carboxylic acids is 2. The summed E-state index contributed by atoms with van der Waals surface area (Å²) in [6, 6.07) is 0. The molecule has 0 bridgehead atoms. The SMILES string of the molecule is CCC(C)C(=O)OCCNCCC(=O)OCC(CC)(COC(=O)CCNCCOC(=O)C(C)CC)COC(=O)CCNCCOC(=O)C(CC)CC(CC(CC(CC(C)C(=O)OCCOC)C(=O)OCCO)C(=O)O)C(=O)O. The van der Waals surface area contributed by atoms with Crippen molar-refractivity contribution < 1.29 is 106 Å². The lowest BCUT2D eigenvalue weighted by Gasteiger charge is -2.31. The maximum Gasteiger partial charge on any atom is 0.309 e. The Morgan fingerprint density at radius 1 is 0.410 bits per heavy atom. The molecule has 7 atom stereocenters. The summed E-state index contributed by atoms with van der Waals surface area (Å²) in [5.41, 5.74) is -1.11. The van der Waals surface area contributed by atoms with Gasteiger partial charge in [0.2, 0.25) is 0 Å². The second-order valence-corrected chi connectivity index (χ2v) is 19.2. The standard InChI is InChI=1S/C53H91N3O22/c1-9-36(5)48(65)71-23-19-54-16-13-43(58)76-33-53(12-4,34-77-44(59)14-17-55-20-24-72-49(66)37(6)10-2)35-78-45(60)15-18-56-21-25-73-51(68)39(11-3)30-40(46(61)62)31-41(47(63)64)32-42(52(69)74-26-22-57)29-38(7)50(67)75-28-27-70-8/h36-42,54-57H,9-35H2,1-8H3,(H,61,62)(H,63,64). The van der Waals surface area contributed by atoms with E-state index >= 15 is 0 Å². The molecule has 0 aliphatic carbocycles. The van der Waals surface area contributed by atoms with E-state index in [0.29, 0.717) is 25.9 Å². The number of methoxy groups -OCH3 is 1. The van der Waals surface area contributed by atoms with Crippen LogP contribution in [-0.4, -0.2) is 187 Å². The molecular weight excluding hydrogens is 1030 g/mol. The van der Waals surface area contributed by atoms with Gasteiger partial charge in [0.25, 0.3) is 0 Å². The minimum absolute atomic E-state index is 0.0269. The first-order valence-corrected chi connectivity index (χ1v) is 27.1. The highest BCUT2D eigenvalue weighted by Gasteiger charge is 2.37. The van der Waals surface area contributed by atoms with Crippen LogP contribution >= 0.6 is 0 Å². The van der Waals surface area contributed by atoms with E-state index in [1.165, 1.54) is 14.0 Å². The highest BCUT2D eigenvalue weighted by atomic mass is 16.6. The normalized spacial score (nSPS) is 14.6. The zero-order valence-corrected chi connectivity index (χ0v) is 47.2. The van der Waals surface area contributed by atoms with Crippen molar-refractivity contribution in [1.29, 1.82) is 0 Å². The maximum absolute atomic E-state index is 13.1. The number of carbonyl (C=O) groups is 10. The molecule has 0 aliphatic rings. The average molecular weight is 1120 g/mol. The fourth-order valence-corrected chi connectivity index (χ4v) is 7.20. The molecule has 7 unspecified atom stereocenters. The van der Waals surface area contributed by atoms with Crippen LogP contribution in [0.1, 0.15) is 119 Å². The second kappa shape index (κ2) is 43.4. The van der Waals surface area contributed by atoms with Crippen molar-refractivity contribution >= 4 is 59.7 Å². The summed E-state index contributed by atoms with van der Waals surface area (Å²) in [7, 11) is 1.42. The fraction of sp³-hybridized carbons (Fsp3) is 0.811. The van der Waals surface area contributed by atoms with E-state index in [9.17, 15) is 63.3 Å². The Morgan fingerprint density at radius 2 is 0.769 bits per heavy atom. The number of aliphatic hydroxyl groups is 1. The van der Waals surface area contributed by atoms with Crippen molar-refractivity contribution in [2.45, 2.75) is 119 Å². The monoisotopic (exact) mass is 1120 g/mol. The third-order valence-electron chi connectivity index (χ3n) is 13.0. The highest BCUT2D eigenvalue weighted by molar-refractivity contribution is 5.79. The molecule has 0 fully saturated rings. The van der Waals surface area contributed by atoms with E-state index in [1.54, 1.807) is 27.7 Å². The predicted molar refractivity (Wildman–Crippen MR) is 278 cm³/mol. The molecule has 0 saturated carbocycles. The number of ether oxygens (including phenoxy) is 9. The molecule has 0 amide bonds. The summed E-state index contributed by atoms with van der Waals surface area (Å²) in [6.07, 6.45) is 0.223. The number of nitrogens with one attached hydrogen (secondary N) is 3. The first kappa shape index (κ1) is 72.5. The van der Waals surface area contributed by atoms with Gasteiger partial charge in [0.05, 0.1) is 79.3 Å². The molecule has 0 aromatic carbocycles. The lowest BCUT2D eigenvalue weighted by molar-refractivity contribution is -0.163. The maximum atomic E-state index is 13.1. The summed E-state index contributed by atoms with van der Waals surface area (Å²) in [6.45, 7) is 12.0. The number of aliphatic carboxylic acids is 2. The van der Waals surface area contributed by atoms with Crippen LogP contribution in [0.3, 0.4) is 0 Å². The Labute approximate surface area is 458 Å². The lowest BCUT2D eigenvalue weighted by Crippen LogP contribution is -2.39. The molecule has 0 rings (SSSR count). The number of carbonyl (C=O) groups excluding carboxylic acids is 8. The number of carboxylic acid groups (broad SMARTS) is 2. The van der Waals surface area contributed by atoms with E-state index in [0.717, 1.165) is 0 Å². The van der Waals surface area contributed by atoms with Crippen LogP contribution in [0.15, 0.2) is 0 Å². The van der Waals surface area contributed by atoms with Crippen LogP contribution in [0.4, 0.5) is 0 Å².